The van der Waals surface area contributed by atoms with E-state index in [4.69, 9.17) is 4.74 Å². The van der Waals surface area contributed by atoms with Crippen LogP contribution in [0.1, 0.15) is 27.2 Å². The second-order valence-corrected chi connectivity index (χ2v) is 4.55. The van der Waals surface area contributed by atoms with Crippen LogP contribution < -0.4 is 0 Å². The van der Waals surface area contributed by atoms with Gasteiger partial charge in [0.15, 0.2) is 0 Å². The van der Waals surface area contributed by atoms with Crippen LogP contribution in [0.25, 0.3) is 0 Å². The summed E-state index contributed by atoms with van der Waals surface area (Å²) in [6.45, 7) is 6.12. The first-order valence-electron chi connectivity index (χ1n) is 6.06. The maximum absolute atomic E-state index is 10.8. The second-order valence-electron chi connectivity index (χ2n) is 4.55. The minimum atomic E-state index is -0.241. The van der Waals surface area contributed by atoms with Gasteiger partial charge in [0.1, 0.15) is 0 Å². The fourth-order valence-electron chi connectivity index (χ4n) is 2.27. The van der Waals surface area contributed by atoms with Gasteiger partial charge in [-0.3, -0.25) is 0 Å². The molecule has 0 aromatic rings. The molecule has 92 valence electrons. The Balaban J connectivity index is 2.98. The Morgan fingerprint density at radius 2 is 2.18 bits per heavy atom. The van der Waals surface area contributed by atoms with Crippen molar-refractivity contribution in [3.05, 3.63) is 28.7 Å². The molecule has 0 heterocycles. The predicted octanol–water partition coefficient (Wildman–Crippen LogP) is 2.35. The van der Waals surface area contributed by atoms with Crippen molar-refractivity contribution in [2.24, 2.45) is 17.0 Å². The van der Waals surface area contributed by atoms with Crippen LogP contribution in [0.4, 0.5) is 0 Å². The van der Waals surface area contributed by atoms with Crippen LogP contribution >= 0.6 is 0 Å². The Morgan fingerprint density at radius 3 is 2.71 bits per heavy atom. The summed E-state index contributed by atoms with van der Waals surface area (Å²) < 4.78 is 5.59. The molecule has 4 unspecified atom stereocenters. The van der Waals surface area contributed by atoms with E-state index in [1.54, 1.807) is 0 Å². The fourth-order valence-corrected chi connectivity index (χ4v) is 2.27. The van der Waals surface area contributed by atoms with Gasteiger partial charge in [-0.15, -0.1) is 0 Å². The van der Waals surface area contributed by atoms with Gasteiger partial charge < -0.3 is 0 Å². The molecule has 0 aliphatic heterocycles. The normalized spacial score (nSPS) is 33.2. The van der Waals surface area contributed by atoms with E-state index < -0.39 is 0 Å². The van der Waals surface area contributed by atoms with E-state index in [9.17, 15) is 4.91 Å². The Kier molecular flexibility index (Phi) is 5.33. The third kappa shape index (κ3) is 3.14. The third-order valence-corrected chi connectivity index (χ3v) is 3.55. The quantitative estimate of drug-likeness (QED) is 0.415. The van der Waals surface area contributed by atoms with Crippen molar-refractivity contribution in [1.29, 1.82) is 0 Å². The van der Waals surface area contributed by atoms with Crippen molar-refractivity contribution >= 4 is 13.6 Å². The first-order valence-corrected chi connectivity index (χ1v) is 6.06. The van der Waals surface area contributed by atoms with Crippen LogP contribution in [0.15, 0.2) is 29.0 Å². The summed E-state index contributed by atoms with van der Waals surface area (Å²) in [5.41, 5.74) is 1.12. The Morgan fingerprint density at radius 1 is 1.47 bits per heavy atom. The van der Waals surface area contributed by atoms with Crippen LogP contribution in [0.3, 0.4) is 0 Å². The molecule has 0 spiro atoms. The molecule has 0 radical (unpaired) electrons. The standard InChI is InChI=1S/C13H20BNO2/c1-4-5-6-11-7-12(15-16)9(2)10(3)13(11)17-8-14/h4-5,7-10,12-14H,6H2,1-3H3/b5-4+. The molecule has 1 aliphatic rings. The van der Waals surface area contributed by atoms with Crippen LogP contribution in [-0.4, -0.2) is 25.8 Å². The van der Waals surface area contributed by atoms with Crippen molar-refractivity contribution in [1.82, 2.24) is 0 Å². The molecule has 0 aromatic carbocycles. The minimum absolute atomic E-state index is 0.0108. The van der Waals surface area contributed by atoms with Crippen LogP contribution in [-0.2, 0) is 4.74 Å². The molecule has 0 N–H and O–H groups in total. The third-order valence-electron chi connectivity index (χ3n) is 3.55. The van der Waals surface area contributed by atoms with Gasteiger partial charge in [0.05, 0.1) is 0 Å². The molecule has 0 fully saturated rings. The van der Waals surface area contributed by atoms with Crippen molar-refractivity contribution in [2.75, 3.05) is 0 Å². The number of nitroso groups, excluding NO2 is 1. The zero-order chi connectivity index (χ0) is 12.8. The zero-order valence-electron chi connectivity index (χ0n) is 10.8. The SMILES string of the molecule is B=COC1C(C/C=C/C)=CC(N=O)C(C)C1C. The van der Waals surface area contributed by atoms with Gasteiger partial charge >= 0.3 is 103 Å². The van der Waals surface area contributed by atoms with Gasteiger partial charge in [-0.25, -0.2) is 0 Å². The molecule has 1 rings (SSSR count). The van der Waals surface area contributed by atoms with Crippen molar-refractivity contribution < 1.29 is 4.74 Å². The zero-order valence-corrected chi connectivity index (χ0v) is 10.8. The molecule has 0 amide bonds. The summed E-state index contributed by atoms with van der Waals surface area (Å²) in [6, 6.07) is -0.241. The van der Waals surface area contributed by atoms with Gasteiger partial charge in [0, 0.05) is 0 Å². The van der Waals surface area contributed by atoms with E-state index >= 15 is 0 Å². The Hall–Kier alpha value is -1.19. The van der Waals surface area contributed by atoms with E-state index in [-0.39, 0.29) is 24.0 Å². The number of ether oxygens (including phenoxy) is 1. The summed E-state index contributed by atoms with van der Waals surface area (Å²) >= 11 is 0. The van der Waals surface area contributed by atoms with Crippen LogP contribution in [0.2, 0.25) is 0 Å². The summed E-state index contributed by atoms with van der Waals surface area (Å²) in [6.07, 6.45) is 8.31. The fraction of sp³-hybridized carbons (Fsp3) is 0.615. The molecule has 1 aliphatic carbocycles. The predicted molar refractivity (Wildman–Crippen MR) is 73.5 cm³/mol. The summed E-state index contributed by atoms with van der Waals surface area (Å²) in [5.74, 6) is 0.466. The summed E-state index contributed by atoms with van der Waals surface area (Å²) in [5, 5.41) is 3.20. The number of nitrogens with zero attached hydrogens (tertiary/aromatic N) is 1. The first kappa shape index (κ1) is 13.9. The Bertz CT molecular complexity index is 338. The van der Waals surface area contributed by atoms with Gasteiger partial charge in [-0.05, 0) is 0 Å². The number of hydrogen-bond acceptors (Lipinski definition) is 3. The maximum atomic E-state index is 10.8. The average molecular weight is 233 g/mol. The average Bonchev–Trinajstić information content (AvgIpc) is 2.34. The molecule has 3 nitrogen and oxygen atoms in total. The monoisotopic (exact) mass is 233 g/mol. The van der Waals surface area contributed by atoms with E-state index in [0.29, 0.717) is 0 Å². The Labute approximate surface area is 104 Å². The number of allylic oxidation sites excluding steroid dienone is 2. The second kappa shape index (κ2) is 6.53. The van der Waals surface area contributed by atoms with Crippen molar-refractivity contribution in [3.8, 4) is 0 Å². The van der Waals surface area contributed by atoms with E-state index in [2.05, 4.69) is 25.7 Å². The molecule has 0 saturated heterocycles. The first-order chi connectivity index (χ1) is 8.15. The van der Waals surface area contributed by atoms with E-state index in [1.807, 2.05) is 26.0 Å². The van der Waals surface area contributed by atoms with Crippen molar-refractivity contribution in [2.45, 2.75) is 39.3 Å². The van der Waals surface area contributed by atoms with E-state index in [1.165, 1.54) is 6.15 Å². The molecule has 4 atom stereocenters. The van der Waals surface area contributed by atoms with E-state index in [0.717, 1.165) is 12.0 Å². The molecular formula is C13H20BNO2. The number of rotatable bonds is 5. The van der Waals surface area contributed by atoms with Gasteiger partial charge in [0.2, 0.25) is 0 Å². The van der Waals surface area contributed by atoms with Gasteiger partial charge in [0.25, 0.3) is 0 Å². The van der Waals surface area contributed by atoms with Crippen LogP contribution in [0, 0.1) is 16.7 Å². The topological polar surface area (TPSA) is 38.7 Å². The molecule has 17 heavy (non-hydrogen) atoms. The van der Waals surface area contributed by atoms with Crippen molar-refractivity contribution in [3.63, 3.8) is 0 Å². The molecular weight excluding hydrogens is 213 g/mol. The van der Waals surface area contributed by atoms with Gasteiger partial charge in [-0.1, -0.05) is 0 Å². The van der Waals surface area contributed by atoms with Crippen LogP contribution in [0.5, 0.6) is 0 Å². The number of hydrogen-bond donors (Lipinski definition) is 0. The molecule has 0 aromatic heterocycles. The van der Waals surface area contributed by atoms with Gasteiger partial charge in [-0.2, -0.15) is 0 Å². The summed E-state index contributed by atoms with van der Waals surface area (Å²) in [4.78, 5) is 10.8. The molecule has 0 saturated carbocycles. The molecule has 4 heteroatoms. The molecule has 0 bridgehead atoms. The summed E-state index contributed by atoms with van der Waals surface area (Å²) in [7, 11) is 3.62.